The third kappa shape index (κ3) is 3.83. The van der Waals surface area contributed by atoms with E-state index >= 15 is 0 Å². The van der Waals surface area contributed by atoms with Gasteiger partial charge in [-0.1, -0.05) is 0 Å². The summed E-state index contributed by atoms with van der Waals surface area (Å²) in [5, 5.41) is 2.34. The molecular formula is C23H29N3O5. The molecule has 0 aromatic heterocycles. The molecule has 0 bridgehead atoms. The molecule has 31 heavy (non-hydrogen) atoms. The van der Waals surface area contributed by atoms with E-state index in [9.17, 15) is 14.4 Å². The number of hydrogen-bond acceptors (Lipinski definition) is 6. The Morgan fingerprint density at radius 2 is 1.97 bits per heavy atom. The molecule has 3 unspecified atom stereocenters. The van der Waals surface area contributed by atoms with Crippen LogP contribution in [0, 0.1) is 0 Å². The minimum Gasteiger partial charge on any atom is -0.489 e. The maximum Gasteiger partial charge on any atom is 0.255 e. The van der Waals surface area contributed by atoms with Gasteiger partial charge in [0, 0.05) is 44.3 Å². The van der Waals surface area contributed by atoms with Crippen molar-refractivity contribution in [2.24, 2.45) is 0 Å². The molecule has 1 aromatic rings. The predicted octanol–water partition coefficient (Wildman–Crippen LogP) is 1.47. The Morgan fingerprint density at radius 1 is 1.13 bits per heavy atom. The average molecular weight is 428 g/mol. The van der Waals surface area contributed by atoms with Gasteiger partial charge in [-0.25, -0.2) is 0 Å². The highest BCUT2D eigenvalue weighted by atomic mass is 16.5. The number of nitrogens with zero attached hydrogens (tertiary/aromatic N) is 2. The van der Waals surface area contributed by atoms with Crippen LogP contribution in [0.2, 0.25) is 0 Å². The van der Waals surface area contributed by atoms with Crippen LogP contribution in [-0.2, 0) is 20.9 Å². The average Bonchev–Trinajstić information content (AvgIpc) is 3.29. The molecule has 3 amide bonds. The van der Waals surface area contributed by atoms with Gasteiger partial charge in [-0.2, -0.15) is 0 Å². The third-order valence-corrected chi connectivity index (χ3v) is 6.95. The monoisotopic (exact) mass is 427 g/mol. The fourth-order valence-corrected chi connectivity index (χ4v) is 5.34. The second-order valence-corrected chi connectivity index (χ2v) is 8.90. The number of rotatable bonds is 6. The molecule has 0 radical (unpaired) electrons. The number of imide groups is 1. The highest BCUT2D eigenvalue weighted by Crippen LogP contribution is 2.34. The first kappa shape index (κ1) is 20.5. The number of ether oxygens (including phenoxy) is 2. The number of nitrogens with one attached hydrogen (secondary N) is 1. The van der Waals surface area contributed by atoms with E-state index in [-0.39, 0.29) is 30.2 Å². The molecule has 3 aliphatic heterocycles. The minimum atomic E-state index is -0.592. The van der Waals surface area contributed by atoms with Crippen LogP contribution in [0.3, 0.4) is 0 Å². The molecule has 5 rings (SSSR count). The van der Waals surface area contributed by atoms with Gasteiger partial charge in [0.05, 0.1) is 6.10 Å². The van der Waals surface area contributed by atoms with Crippen molar-refractivity contribution < 1.29 is 23.9 Å². The molecule has 1 N–H and O–H groups in total. The lowest BCUT2D eigenvalue weighted by molar-refractivity contribution is -0.136. The number of likely N-dealkylation sites (tertiary alicyclic amines) is 1. The van der Waals surface area contributed by atoms with Crippen LogP contribution >= 0.6 is 0 Å². The number of piperidine rings is 1. The van der Waals surface area contributed by atoms with Crippen LogP contribution in [0.15, 0.2) is 18.2 Å². The van der Waals surface area contributed by atoms with Gasteiger partial charge in [0.15, 0.2) is 0 Å². The number of benzene rings is 1. The van der Waals surface area contributed by atoms with E-state index in [0.29, 0.717) is 30.7 Å². The van der Waals surface area contributed by atoms with Crippen molar-refractivity contribution in [3.05, 3.63) is 29.3 Å². The summed E-state index contributed by atoms with van der Waals surface area (Å²) in [7, 11) is 0. The zero-order valence-corrected chi connectivity index (χ0v) is 17.8. The van der Waals surface area contributed by atoms with Crippen molar-refractivity contribution in [1.29, 1.82) is 0 Å². The number of fused-ring (bicyclic) bond motifs is 1. The van der Waals surface area contributed by atoms with Crippen LogP contribution in [-0.4, -0.2) is 71.5 Å². The summed E-state index contributed by atoms with van der Waals surface area (Å²) in [5.41, 5.74) is 1.49. The first-order chi connectivity index (χ1) is 15.0. The van der Waals surface area contributed by atoms with Crippen LogP contribution in [0.25, 0.3) is 0 Å². The highest BCUT2D eigenvalue weighted by Gasteiger charge is 2.41. The fraction of sp³-hybridized carbons (Fsp3) is 0.609. The summed E-state index contributed by atoms with van der Waals surface area (Å²) in [5.74, 6) is -0.0441. The van der Waals surface area contributed by atoms with E-state index in [0.717, 1.165) is 50.3 Å². The zero-order chi connectivity index (χ0) is 21.5. The molecule has 1 aromatic carbocycles. The fourth-order valence-electron chi connectivity index (χ4n) is 5.34. The quantitative estimate of drug-likeness (QED) is 0.692. The van der Waals surface area contributed by atoms with Crippen molar-refractivity contribution in [3.63, 3.8) is 0 Å². The predicted molar refractivity (Wildman–Crippen MR) is 112 cm³/mol. The van der Waals surface area contributed by atoms with Gasteiger partial charge >= 0.3 is 0 Å². The van der Waals surface area contributed by atoms with Gasteiger partial charge in [-0.05, 0) is 56.4 Å². The first-order valence-corrected chi connectivity index (χ1v) is 11.3. The van der Waals surface area contributed by atoms with Gasteiger partial charge in [-0.3, -0.25) is 24.6 Å². The Kier molecular flexibility index (Phi) is 5.44. The van der Waals surface area contributed by atoms with E-state index < -0.39 is 6.04 Å². The summed E-state index contributed by atoms with van der Waals surface area (Å²) >= 11 is 0. The minimum absolute atomic E-state index is 0.143. The standard InChI is InChI=1S/C23H29N3O5/c1-2-30-16-12-25(13-16)18-4-3-5-20(18)31-15-6-7-17-14(10-15)11-26(23(17)29)19-8-9-21(27)24-22(19)28/h6-7,10,16,18-20H,2-5,8-9,11-13H2,1H3,(H,24,27,28). The van der Waals surface area contributed by atoms with E-state index in [4.69, 9.17) is 9.47 Å². The number of carbonyl (C=O) groups excluding carboxylic acids is 3. The molecule has 3 fully saturated rings. The third-order valence-electron chi connectivity index (χ3n) is 6.95. The molecule has 2 saturated heterocycles. The smallest absolute Gasteiger partial charge is 0.255 e. The van der Waals surface area contributed by atoms with Crippen molar-refractivity contribution in [2.75, 3.05) is 19.7 Å². The maximum absolute atomic E-state index is 12.9. The molecule has 3 heterocycles. The molecule has 1 saturated carbocycles. The normalized spacial score (nSPS) is 29.1. The second-order valence-electron chi connectivity index (χ2n) is 8.90. The van der Waals surface area contributed by atoms with Crippen LogP contribution < -0.4 is 10.1 Å². The van der Waals surface area contributed by atoms with Crippen LogP contribution in [0.4, 0.5) is 0 Å². The highest BCUT2D eigenvalue weighted by molar-refractivity contribution is 6.05. The lowest BCUT2D eigenvalue weighted by atomic mass is 10.0. The van der Waals surface area contributed by atoms with Crippen LogP contribution in [0.1, 0.15) is 54.9 Å². The van der Waals surface area contributed by atoms with Crippen LogP contribution in [0.5, 0.6) is 5.75 Å². The molecule has 3 atom stereocenters. The zero-order valence-electron chi connectivity index (χ0n) is 17.8. The number of hydrogen-bond donors (Lipinski definition) is 1. The Balaban J connectivity index is 1.24. The first-order valence-electron chi connectivity index (χ1n) is 11.3. The van der Waals surface area contributed by atoms with Crippen molar-refractivity contribution in [2.45, 2.75) is 69.9 Å². The van der Waals surface area contributed by atoms with Crippen molar-refractivity contribution >= 4 is 17.7 Å². The number of carbonyl (C=O) groups is 3. The molecule has 8 heteroatoms. The Bertz CT molecular complexity index is 897. The van der Waals surface area contributed by atoms with Gasteiger partial charge in [0.25, 0.3) is 5.91 Å². The molecule has 4 aliphatic rings. The lowest BCUT2D eigenvalue weighted by Crippen LogP contribution is -2.59. The number of amides is 3. The molecule has 0 spiro atoms. The molecule has 166 valence electrons. The summed E-state index contributed by atoms with van der Waals surface area (Å²) in [6, 6.07) is 5.42. The summed E-state index contributed by atoms with van der Waals surface area (Å²) in [6.45, 7) is 5.10. The molecule has 8 nitrogen and oxygen atoms in total. The topological polar surface area (TPSA) is 88.2 Å². The van der Waals surface area contributed by atoms with E-state index in [1.807, 2.05) is 19.1 Å². The maximum atomic E-state index is 12.9. The largest absolute Gasteiger partial charge is 0.489 e. The van der Waals surface area contributed by atoms with E-state index in [1.165, 1.54) is 0 Å². The molecular weight excluding hydrogens is 398 g/mol. The van der Waals surface area contributed by atoms with E-state index in [2.05, 4.69) is 10.2 Å². The van der Waals surface area contributed by atoms with Gasteiger partial charge in [0.2, 0.25) is 11.8 Å². The summed E-state index contributed by atoms with van der Waals surface area (Å²) in [6.07, 6.45) is 4.43. The Hall–Kier alpha value is -2.45. The second kappa shape index (κ2) is 8.24. The van der Waals surface area contributed by atoms with Crippen molar-refractivity contribution in [1.82, 2.24) is 15.1 Å². The Labute approximate surface area is 181 Å². The lowest BCUT2D eigenvalue weighted by Gasteiger charge is -2.44. The van der Waals surface area contributed by atoms with Crippen molar-refractivity contribution in [3.8, 4) is 5.75 Å². The summed E-state index contributed by atoms with van der Waals surface area (Å²) < 4.78 is 12.1. The SMILES string of the molecule is CCOC1CN(C2CCCC2Oc2ccc3c(c2)CN(C2CCC(=O)NC2=O)C3=O)C1. The van der Waals surface area contributed by atoms with Gasteiger partial charge in [-0.15, -0.1) is 0 Å². The van der Waals surface area contributed by atoms with E-state index in [1.54, 1.807) is 11.0 Å². The van der Waals surface area contributed by atoms with Gasteiger partial charge < -0.3 is 14.4 Å². The summed E-state index contributed by atoms with van der Waals surface area (Å²) in [4.78, 5) is 40.5. The Morgan fingerprint density at radius 3 is 2.74 bits per heavy atom. The van der Waals surface area contributed by atoms with Gasteiger partial charge in [0.1, 0.15) is 17.9 Å². The molecule has 1 aliphatic carbocycles.